The third kappa shape index (κ3) is 9.44. The van der Waals surface area contributed by atoms with Crippen molar-refractivity contribution in [3.63, 3.8) is 0 Å². The maximum atomic E-state index is 2.59. The molecule has 458 valence electrons. The van der Waals surface area contributed by atoms with E-state index >= 15 is 0 Å². The van der Waals surface area contributed by atoms with E-state index in [-0.39, 0.29) is 21.7 Å². The fourth-order valence-corrected chi connectivity index (χ4v) is 14.8. The summed E-state index contributed by atoms with van der Waals surface area (Å²) in [5.74, 6) is 0.808. The van der Waals surface area contributed by atoms with Gasteiger partial charge in [-0.15, -0.1) is 0 Å². The average Bonchev–Trinajstić information content (AvgIpc) is 1.51. The topological polar surface area (TPSA) is 15.3 Å². The Hall–Kier alpha value is -9.38. The highest BCUT2D eigenvalue weighted by atomic mass is 15.2. The average molecular weight is 1200 g/mol. The normalized spacial score (nSPS) is 13.0. The van der Waals surface area contributed by atoms with Crippen molar-refractivity contribution in [2.45, 2.75) is 144 Å². The summed E-state index contributed by atoms with van der Waals surface area (Å²) < 4.78 is 5.18. The van der Waals surface area contributed by atoms with Crippen molar-refractivity contribution in [2.24, 2.45) is 0 Å². The molecule has 0 fully saturated rings. The summed E-state index contributed by atoms with van der Waals surface area (Å²) in [6.07, 6.45) is 0. The van der Waals surface area contributed by atoms with E-state index in [2.05, 4.69) is 348 Å². The quantitative estimate of drug-likeness (QED) is 0.136. The van der Waals surface area contributed by atoms with Crippen molar-refractivity contribution in [1.82, 2.24) is 8.80 Å². The number of aromatic nitrogens is 2. The Morgan fingerprint density at radius 1 is 0.283 bits per heavy atom. The lowest BCUT2D eigenvalue weighted by molar-refractivity contribution is 0.589. The molecule has 0 amide bonds. The highest BCUT2D eigenvalue weighted by molar-refractivity contribution is 6.32. The Morgan fingerprint density at radius 3 is 0.989 bits per heavy atom. The molecule has 0 N–H and O–H groups in total. The molecule has 4 aromatic heterocycles. The molecule has 4 nitrogen and oxygen atoms in total. The molecule has 0 radical (unpaired) electrons. The van der Waals surface area contributed by atoms with Crippen LogP contribution in [0, 0.1) is 0 Å². The summed E-state index contributed by atoms with van der Waals surface area (Å²) in [5, 5.41) is 9.95. The lowest BCUT2D eigenvalue weighted by Gasteiger charge is -2.31. The molecule has 0 aliphatic heterocycles. The van der Waals surface area contributed by atoms with Crippen LogP contribution in [0.3, 0.4) is 0 Å². The van der Waals surface area contributed by atoms with E-state index in [9.17, 15) is 0 Å². The van der Waals surface area contributed by atoms with Crippen LogP contribution in [-0.4, -0.2) is 8.80 Å². The van der Waals surface area contributed by atoms with Gasteiger partial charge in [0, 0.05) is 65.6 Å². The molecule has 4 heteroatoms. The van der Waals surface area contributed by atoms with Gasteiger partial charge in [0.25, 0.3) is 0 Å². The zero-order valence-corrected chi connectivity index (χ0v) is 56.7. The number of rotatable bonds is 10. The van der Waals surface area contributed by atoms with E-state index < -0.39 is 0 Å². The molecule has 0 saturated carbocycles. The van der Waals surface area contributed by atoms with Crippen LogP contribution in [0.4, 0.5) is 34.1 Å². The van der Waals surface area contributed by atoms with Crippen molar-refractivity contribution in [3.05, 3.63) is 252 Å². The largest absolute Gasteiger partial charge is 0.309 e. The first-order valence-electron chi connectivity index (χ1n) is 33.5. The molecule has 0 unspecified atom stereocenters. The van der Waals surface area contributed by atoms with Gasteiger partial charge >= 0.3 is 0 Å². The summed E-state index contributed by atoms with van der Waals surface area (Å²) in [5.41, 5.74) is 26.8. The van der Waals surface area contributed by atoms with Crippen molar-refractivity contribution in [1.29, 1.82) is 0 Å². The van der Waals surface area contributed by atoms with Crippen LogP contribution in [0.5, 0.6) is 0 Å². The molecule has 0 atom stereocenters. The molecule has 15 rings (SSSR count). The van der Waals surface area contributed by atoms with E-state index in [1.807, 2.05) is 0 Å². The van der Waals surface area contributed by atoms with Gasteiger partial charge < -0.3 is 18.6 Å². The molecule has 15 aromatic rings. The fraction of sp³-hybridized carbons (Fsp3) is 0.250. The molecule has 0 bridgehead atoms. The molecular formula is C88H86N4. The van der Waals surface area contributed by atoms with Crippen molar-refractivity contribution in [3.8, 4) is 22.3 Å². The Balaban J connectivity index is 0.996. The summed E-state index contributed by atoms with van der Waals surface area (Å²) in [7, 11) is 0. The Morgan fingerprint density at radius 2 is 0.630 bits per heavy atom. The highest BCUT2D eigenvalue weighted by Crippen LogP contribution is 2.54. The summed E-state index contributed by atoms with van der Waals surface area (Å²) in [4.78, 5) is 5.13. The second kappa shape index (κ2) is 21.1. The second-order valence-corrected chi connectivity index (χ2v) is 31.1. The molecule has 92 heavy (non-hydrogen) atoms. The number of nitrogens with zero attached hydrogens (tertiary/aromatic N) is 4. The predicted molar refractivity (Wildman–Crippen MR) is 399 cm³/mol. The second-order valence-electron chi connectivity index (χ2n) is 31.1. The zero-order valence-electron chi connectivity index (χ0n) is 56.7. The van der Waals surface area contributed by atoms with Gasteiger partial charge in [-0.05, 0) is 163 Å². The number of anilines is 6. The van der Waals surface area contributed by atoms with Crippen molar-refractivity contribution < 1.29 is 0 Å². The monoisotopic (exact) mass is 1200 g/mol. The molecule has 0 aliphatic rings. The van der Waals surface area contributed by atoms with E-state index in [0.29, 0.717) is 11.8 Å². The minimum atomic E-state index is -0.0593. The first-order chi connectivity index (χ1) is 43.8. The molecule has 4 heterocycles. The third-order valence-electron chi connectivity index (χ3n) is 20.2. The SMILES string of the molecule is CC(C)c1ccc(N(c2ccc(C(C)(C)C)cc2-c2cccc(C(C)(C)C)c2)c2ccc3c4cc5c(cc4n4c6ccccc6c2c34)c2ccc(N(c3ccc(C(C)C)cc3)c3ccc(C(C)(C)C)cc3-c3cccc(C(C)(C)C)c3)c3c4ccccc4n5c23)cc1. The maximum absolute atomic E-state index is 2.59. The van der Waals surface area contributed by atoms with E-state index in [1.54, 1.807) is 0 Å². The van der Waals surface area contributed by atoms with Gasteiger partial charge in [-0.2, -0.15) is 0 Å². The molecule has 11 aromatic carbocycles. The van der Waals surface area contributed by atoms with Crippen LogP contribution in [-0.2, 0) is 21.7 Å². The molecule has 0 aliphatic carbocycles. The minimum absolute atomic E-state index is 0.0185. The van der Waals surface area contributed by atoms with Gasteiger partial charge in [-0.3, -0.25) is 0 Å². The Bertz CT molecular complexity index is 5030. The van der Waals surface area contributed by atoms with E-state index in [1.165, 1.54) is 132 Å². The number of hydrogen-bond donors (Lipinski definition) is 0. The number of para-hydroxylation sites is 2. The standard InChI is InChI=1S/C88H86N4/c1-53(2)55-31-37-63(38-32-55)89(75-43-35-61(87(11,12)13)49-69(75)57-23-21-25-59(47-57)85(5,6)7)77-45-41-65-71-51-80-72(52-79(71)91-73-29-19-17-27-67(73)81(77)83(65)91)66-42-46-78(82-68-28-18-20-30-74(68)92(80)84(66)82)90(64-39-33-56(34-40-64)54(3)4)76-44-36-62(88(14,15)16)50-70(76)58-24-22-26-60(48-58)86(8,9)10/h17-54H,1-16H3. The van der Waals surface area contributed by atoms with Crippen LogP contribution < -0.4 is 9.80 Å². The zero-order chi connectivity index (χ0) is 64.2. The lowest BCUT2D eigenvalue weighted by Crippen LogP contribution is -2.15. The molecule has 0 saturated heterocycles. The summed E-state index contributed by atoms with van der Waals surface area (Å²) in [6, 6.07) is 84.7. The van der Waals surface area contributed by atoms with Crippen molar-refractivity contribution in [2.75, 3.05) is 9.80 Å². The summed E-state index contributed by atoms with van der Waals surface area (Å²) in [6.45, 7) is 37.0. The molecule has 0 spiro atoms. The Kier molecular flexibility index (Phi) is 13.5. The van der Waals surface area contributed by atoms with Gasteiger partial charge in [0.1, 0.15) is 0 Å². The van der Waals surface area contributed by atoms with Crippen LogP contribution in [0.1, 0.15) is 156 Å². The maximum Gasteiger partial charge on any atom is 0.0641 e. The summed E-state index contributed by atoms with van der Waals surface area (Å²) >= 11 is 0. The predicted octanol–water partition coefficient (Wildman–Crippen LogP) is 25.7. The van der Waals surface area contributed by atoms with Gasteiger partial charge in [0.2, 0.25) is 0 Å². The fourth-order valence-electron chi connectivity index (χ4n) is 14.8. The van der Waals surface area contributed by atoms with Crippen molar-refractivity contribution >= 4 is 110 Å². The van der Waals surface area contributed by atoms with Gasteiger partial charge in [-0.1, -0.05) is 244 Å². The first-order valence-corrected chi connectivity index (χ1v) is 33.5. The van der Waals surface area contributed by atoms with Gasteiger partial charge in [0.05, 0.1) is 55.8 Å². The Labute approximate surface area is 544 Å². The van der Waals surface area contributed by atoms with Gasteiger partial charge in [-0.25, -0.2) is 0 Å². The number of benzene rings is 11. The van der Waals surface area contributed by atoms with E-state index in [0.717, 1.165) is 34.1 Å². The van der Waals surface area contributed by atoms with Crippen LogP contribution in [0.2, 0.25) is 0 Å². The smallest absolute Gasteiger partial charge is 0.0641 e. The number of fused-ring (bicyclic) bond motifs is 12. The lowest BCUT2D eigenvalue weighted by atomic mass is 9.82. The highest BCUT2D eigenvalue weighted by Gasteiger charge is 2.31. The van der Waals surface area contributed by atoms with Crippen LogP contribution in [0.25, 0.3) is 98.4 Å². The van der Waals surface area contributed by atoms with Crippen LogP contribution in [0.15, 0.2) is 218 Å². The van der Waals surface area contributed by atoms with Gasteiger partial charge in [0.15, 0.2) is 0 Å². The number of hydrogen-bond acceptors (Lipinski definition) is 2. The van der Waals surface area contributed by atoms with E-state index in [4.69, 9.17) is 0 Å². The third-order valence-corrected chi connectivity index (χ3v) is 20.2. The minimum Gasteiger partial charge on any atom is -0.309 e. The molecular weight excluding hydrogens is 1110 g/mol. The first kappa shape index (κ1) is 59.0. The van der Waals surface area contributed by atoms with Crippen LogP contribution >= 0.6 is 0 Å².